The maximum atomic E-state index is 13.8. The standard InChI is InChI=1S/C29H19Br2F3N2O3/c30-24-13-19(28(37)38)14-25(31)22(24)16-39-20-9-4-8-18(12-20)27-21-10-5-11-23(29(32,33)34)26(21)35-36(27)15-17-6-2-1-3-7-17/h1-14H,15-16H2,(H,37,38). The molecule has 5 rings (SSSR count). The number of aromatic nitrogens is 2. The number of fused-ring (bicyclic) bond motifs is 1. The fourth-order valence-electron chi connectivity index (χ4n) is 4.31. The van der Waals surface area contributed by atoms with E-state index in [1.165, 1.54) is 18.2 Å². The normalized spacial score (nSPS) is 11.6. The minimum Gasteiger partial charge on any atom is -0.489 e. The quantitative estimate of drug-likeness (QED) is 0.190. The Morgan fingerprint density at radius 3 is 2.28 bits per heavy atom. The largest absolute Gasteiger partial charge is 0.489 e. The van der Waals surface area contributed by atoms with E-state index in [1.807, 2.05) is 30.3 Å². The molecule has 0 unspecified atom stereocenters. The Balaban J connectivity index is 1.55. The lowest BCUT2D eigenvalue weighted by Crippen LogP contribution is -2.06. The minimum atomic E-state index is -4.55. The number of halogens is 5. The summed E-state index contributed by atoms with van der Waals surface area (Å²) >= 11 is 6.80. The molecule has 1 aromatic heterocycles. The van der Waals surface area contributed by atoms with E-state index >= 15 is 0 Å². The molecule has 0 amide bonds. The van der Waals surface area contributed by atoms with Gasteiger partial charge in [-0.15, -0.1) is 0 Å². The second-order valence-electron chi connectivity index (χ2n) is 8.73. The van der Waals surface area contributed by atoms with Crippen LogP contribution in [0.3, 0.4) is 0 Å². The molecule has 0 aliphatic heterocycles. The number of carboxylic acid groups (broad SMARTS) is 1. The zero-order chi connectivity index (χ0) is 27.7. The van der Waals surface area contributed by atoms with Crippen LogP contribution in [0.5, 0.6) is 5.75 Å². The molecule has 0 aliphatic rings. The highest BCUT2D eigenvalue weighted by Gasteiger charge is 2.34. The van der Waals surface area contributed by atoms with Crippen LogP contribution in [0, 0.1) is 0 Å². The Labute approximate surface area is 238 Å². The van der Waals surface area contributed by atoms with Crippen LogP contribution in [0.4, 0.5) is 13.2 Å². The summed E-state index contributed by atoms with van der Waals surface area (Å²) in [5.41, 5.74) is 2.00. The fraction of sp³-hybridized carbons (Fsp3) is 0.103. The Morgan fingerprint density at radius 1 is 0.923 bits per heavy atom. The maximum absolute atomic E-state index is 13.8. The molecule has 0 atom stereocenters. The van der Waals surface area contributed by atoms with Crippen LogP contribution in [0.25, 0.3) is 22.2 Å². The first-order valence-corrected chi connectivity index (χ1v) is 13.3. The van der Waals surface area contributed by atoms with Crippen molar-refractivity contribution >= 4 is 48.7 Å². The van der Waals surface area contributed by atoms with Crippen molar-refractivity contribution in [2.75, 3.05) is 0 Å². The van der Waals surface area contributed by atoms with Crippen molar-refractivity contribution in [3.05, 3.63) is 116 Å². The zero-order valence-electron chi connectivity index (χ0n) is 20.0. The second kappa shape index (κ2) is 10.9. The fourth-order valence-corrected chi connectivity index (χ4v) is 5.72. The minimum absolute atomic E-state index is 0.117. The van der Waals surface area contributed by atoms with Crippen LogP contribution < -0.4 is 4.74 Å². The van der Waals surface area contributed by atoms with Gasteiger partial charge in [0.1, 0.15) is 17.9 Å². The van der Waals surface area contributed by atoms with E-state index in [4.69, 9.17) is 4.74 Å². The van der Waals surface area contributed by atoms with Gasteiger partial charge in [-0.2, -0.15) is 18.3 Å². The molecule has 0 saturated heterocycles. The lowest BCUT2D eigenvalue weighted by atomic mass is 10.0. The molecule has 198 valence electrons. The topological polar surface area (TPSA) is 64.3 Å². The Morgan fingerprint density at radius 2 is 1.62 bits per heavy atom. The third kappa shape index (κ3) is 5.72. The van der Waals surface area contributed by atoms with E-state index in [9.17, 15) is 23.1 Å². The molecule has 1 N–H and O–H groups in total. The van der Waals surface area contributed by atoms with Gasteiger partial charge in [-0.1, -0.05) is 86.5 Å². The molecule has 0 spiro atoms. The average molecular weight is 660 g/mol. The van der Waals surface area contributed by atoms with Crippen molar-refractivity contribution in [3.63, 3.8) is 0 Å². The van der Waals surface area contributed by atoms with Crippen molar-refractivity contribution in [2.24, 2.45) is 0 Å². The van der Waals surface area contributed by atoms with E-state index in [1.54, 1.807) is 35.0 Å². The van der Waals surface area contributed by atoms with Gasteiger partial charge < -0.3 is 9.84 Å². The molecule has 0 bridgehead atoms. The molecule has 4 aromatic carbocycles. The van der Waals surface area contributed by atoms with Crippen LogP contribution in [-0.4, -0.2) is 20.9 Å². The van der Waals surface area contributed by atoms with Crippen molar-refractivity contribution in [1.29, 1.82) is 0 Å². The highest BCUT2D eigenvalue weighted by Crippen LogP contribution is 2.39. The number of ether oxygens (including phenoxy) is 1. The van der Waals surface area contributed by atoms with Crippen LogP contribution in [0.15, 0.2) is 93.9 Å². The van der Waals surface area contributed by atoms with Gasteiger partial charge in [0.05, 0.1) is 23.4 Å². The van der Waals surface area contributed by atoms with E-state index in [2.05, 4.69) is 37.0 Å². The molecule has 0 radical (unpaired) electrons. The highest BCUT2D eigenvalue weighted by molar-refractivity contribution is 9.11. The third-order valence-corrected chi connectivity index (χ3v) is 7.54. The van der Waals surface area contributed by atoms with Gasteiger partial charge in [-0.05, 0) is 35.9 Å². The first-order valence-electron chi connectivity index (χ1n) is 11.7. The summed E-state index contributed by atoms with van der Waals surface area (Å²) in [4.78, 5) is 11.3. The number of rotatable bonds is 7. The number of carbonyl (C=O) groups is 1. The number of hydrogen-bond donors (Lipinski definition) is 1. The molecule has 5 aromatic rings. The third-order valence-electron chi connectivity index (χ3n) is 6.13. The van der Waals surface area contributed by atoms with Gasteiger partial charge in [0.15, 0.2) is 0 Å². The number of carboxylic acids is 1. The monoisotopic (exact) mass is 658 g/mol. The molecule has 0 saturated carbocycles. The Hall–Kier alpha value is -3.63. The molecule has 10 heteroatoms. The van der Waals surface area contributed by atoms with Crippen molar-refractivity contribution < 1.29 is 27.8 Å². The molecule has 39 heavy (non-hydrogen) atoms. The SMILES string of the molecule is O=C(O)c1cc(Br)c(COc2cccc(-c3c4cccc(C(F)(F)F)c4nn3Cc3ccccc3)c2)c(Br)c1. The number of aromatic carboxylic acids is 1. The summed E-state index contributed by atoms with van der Waals surface area (Å²) in [7, 11) is 0. The first kappa shape index (κ1) is 27.0. The summed E-state index contributed by atoms with van der Waals surface area (Å²) in [6.45, 7) is 0.399. The predicted octanol–water partition coefficient (Wildman–Crippen LogP) is 8.57. The van der Waals surface area contributed by atoms with E-state index in [0.717, 1.165) is 11.6 Å². The van der Waals surface area contributed by atoms with Gasteiger partial charge >= 0.3 is 12.1 Å². The van der Waals surface area contributed by atoms with E-state index < -0.39 is 17.7 Å². The van der Waals surface area contributed by atoms with Gasteiger partial charge in [0, 0.05) is 25.5 Å². The first-order chi connectivity index (χ1) is 18.6. The summed E-state index contributed by atoms with van der Waals surface area (Å²) in [5, 5.41) is 14.1. The summed E-state index contributed by atoms with van der Waals surface area (Å²) in [6, 6.07) is 23.5. The smallest absolute Gasteiger partial charge is 0.418 e. The number of nitrogens with zero attached hydrogens (tertiary/aromatic N) is 2. The van der Waals surface area contributed by atoms with Crippen molar-refractivity contribution in [1.82, 2.24) is 9.78 Å². The number of benzene rings is 4. The van der Waals surface area contributed by atoms with Gasteiger partial charge in [-0.3, -0.25) is 4.68 Å². The van der Waals surface area contributed by atoms with Crippen LogP contribution in [-0.2, 0) is 19.3 Å². The second-order valence-corrected chi connectivity index (χ2v) is 10.4. The van der Waals surface area contributed by atoms with Gasteiger partial charge in [-0.25, -0.2) is 4.79 Å². The zero-order valence-corrected chi connectivity index (χ0v) is 23.2. The van der Waals surface area contributed by atoms with Crippen LogP contribution in [0.1, 0.15) is 27.0 Å². The molecule has 0 fully saturated rings. The van der Waals surface area contributed by atoms with Gasteiger partial charge in [0.2, 0.25) is 0 Å². The van der Waals surface area contributed by atoms with Crippen LogP contribution >= 0.6 is 31.9 Å². The van der Waals surface area contributed by atoms with Crippen molar-refractivity contribution in [3.8, 4) is 17.0 Å². The molecular formula is C29H19Br2F3N2O3. The summed E-state index contributed by atoms with van der Waals surface area (Å²) in [6.07, 6.45) is -4.55. The van der Waals surface area contributed by atoms with E-state index in [-0.39, 0.29) is 24.2 Å². The van der Waals surface area contributed by atoms with Crippen LogP contribution in [0.2, 0.25) is 0 Å². The average Bonchev–Trinajstić information content (AvgIpc) is 3.26. The van der Waals surface area contributed by atoms with Crippen molar-refractivity contribution in [2.45, 2.75) is 19.3 Å². The highest BCUT2D eigenvalue weighted by atomic mass is 79.9. The molecular weight excluding hydrogens is 641 g/mol. The van der Waals surface area contributed by atoms with E-state index in [0.29, 0.717) is 36.9 Å². The Kier molecular flexibility index (Phi) is 7.51. The summed E-state index contributed by atoms with van der Waals surface area (Å²) < 4.78 is 50.3. The Bertz CT molecular complexity index is 1660. The lowest BCUT2D eigenvalue weighted by Gasteiger charge is -2.13. The number of hydrogen-bond acceptors (Lipinski definition) is 3. The predicted molar refractivity (Wildman–Crippen MR) is 149 cm³/mol. The molecule has 0 aliphatic carbocycles. The number of alkyl halides is 3. The summed E-state index contributed by atoms with van der Waals surface area (Å²) in [5.74, 6) is -0.564. The molecule has 5 nitrogen and oxygen atoms in total. The lowest BCUT2D eigenvalue weighted by molar-refractivity contribution is -0.136. The maximum Gasteiger partial charge on any atom is 0.418 e. The molecule has 1 heterocycles. The van der Waals surface area contributed by atoms with Gasteiger partial charge in [0.25, 0.3) is 0 Å².